The van der Waals surface area contributed by atoms with E-state index in [0.717, 1.165) is 0 Å². The number of amides is 1. The van der Waals surface area contributed by atoms with Crippen molar-refractivity contribution in [2.75, 3.05) is 7.11 Å². The van der Waals surface area contributed by atoms with Crippen LogP contribution in [0.4, 0.5) is 8.78 Å². The van der Waals surface area contributed by atoms with Crippen molar-refractivity contribution >= 4 is 5.91 Å². The molecule has 0 fully saturated rings. The minimum absolute atomic E-state index is 0.0369. The highest BCUT2D eigenvalue weighted by Gasteiger charge is 2.16. The zero-order valence-electron chi connectivity index (χ0n) is 16.7. The number of aliphatic hydroxyl groups is 1. The Labute approximate surface area is 173 Å². The lowest BCUT2D eigenvalue weighted by Crippen LogP contribution is -2.24. The number of pyridine rings is 1. The summed E-state index contributed by atoms with van der Waals surface area (Å²) in [6.07, 6.45) is 0.790. The van der Waals surface area contributed by atoms with Crippen molar-refractivity contribution < 1.29 is 23.4 Å². The summed E-state index contributed by atoms with van der Waals surface area (Å²) in [5.41, 5.74) is 2.34. The normalized spacial score (nSPS) is 11.9. The molecule has 1 heterocycles. The highest BCUT2D eigenvalue weighted by molar-refractivity contribution is 5.95. The third-order valence-corrected chi connectivity index (χ3v) is 4.64. The number of nitrogens with zero attached hydrogens (tertiary/aromatic N) is 1. The summed E-state index contributed by atoms with van der Waals surface area (Å²) in [4.78, 5) is 16.8. The molecular formula is C23H22F2N2O3. The molecule has 0 bridgehead atoms. The summed E-state index contributed by atoms with van der Waals surface area (Å²) in [5.74, 6) is -1.75. The molecule has 0 saturated heterocycles. The molecule has 30 heavy (non-hydrogen) atoms. The number of aliphatic hydroxyl groups excluding tert-OH is 1. The van der Waals surface area contributed by atoms with Gasteiger partial charge in [0.15, 0.2) is 0 Å². The van der Waals surface area contributed by atoms with Crippen LogP contribution in [0.5, 0.6) is 0 Å². The Kier molecular flexibility index (Phi) is 6.87. The maximum Gasteiger partial charge on any atom is 0.254 e. The van der Waals surface area contributed by atoms with Gasteiger partial charge in [-0.2, -0.15) is 0 Å². The highest BCUT2D eigenvalue weighted by Crippen LogP contribution is 2.27. The summed E-state index contributed by atoms with van der Waals surface area (Å²) in [5, 5.41) is 12.6. The second-order valence-corrected chi connectivity index (χ2v) is 6.85. The molecule has 0 radical (unpaired) electrons. The molecule has 2 N–H and O–H groups in total. The first-order valence-corrected chi connectivity index (χ1v) is 9.38. The molecule has 0 aliphatic heterocycles. The minimum atomic E-state index is -0.771. The van der Waals surface area contributed by atoms with E-state index >= 15 is 0 Å². The van der Waals surface area contributed by atoms with E-state index in [2.05, 4.69) is 10.3 Å². The average molecular weight is 412 g/mol. The molecule has 0 saturated carbocycles. The van der Waals surface area contributed by atoms with Gasteiger partial charge in [-0.3, -0.25) is 9.78 Å². The molecule has 3 aromatic rings. The Hall–Kier alpha value is -3.16. The lowest BCUT2D eigenvalue weighted by molar-refractivity contribution is 0.0947. The summed E-state index contributed by atoms with van der Waals surface area (Å²) in [6, 6.07) is 12.1. The topological polar surface area (TPSA) is 71.5 Å². The zero-order valence-corrected chi connectivity index (χ0v) is 16.7. The second kappa shape index (κ2) is 9.56. The molecule has 1 aromatic heterocycles. The third kappa shape index (κ3) is 4.87. The number of hydrogen-bond acceptors (Lipinski definition) is 4. The van der Waals surface area contributed by atoms with Crippen molar-refractivity contribution in [1.82, 2.24) is 10.3 Å². The van der Waals surface area contributed by atoms with Gasteiger partial charge in [0, 0.05) is 36.5 Å². The van der Waals surface area contributed by atoms with Crippen molar-refractivity contribution in [3.05, 3.63) is 88.6 Å². The van der Waals surface area contributed by atoms with Crippen LogP contribution in [0, 0.1) is 11.6 Å². The lowest BCUT2D eigenvalue weighted by Gasteiger charge is -2.13. The van der Waals surface area contributed by atoms with Crippen molar-refractivity contribution in [2.24, 2.45) is 0 Å². The van der Waals surface area contributed by atoms with Gasteiger partial charge in [0.25, 0.3) is 5.91 Å². The predicted octanol–water partition coefficient (Wildman–Crippen LogP) is 4.16. The van der Waals surface area contributed by atoms with E-state index in [1.54, 1.807) is 37.4 Å². The number of carbonyl (C=O) groups is 1. The fourth-order valence-corrected chi connectivity index (χ4v) is 3.09. The van der Waals surface area contributed by atoms with Gasteiger partial charge in [-0.25, -0.2) is 8.78 Å². The van der Waals surface area contributed by atoms with E-state index in [-0.39, 0.29) is 18.7 Å². The summed E-state index contributed by atoms with van der Waals surface area (Å²) in [7, 11) is 1.48. The fraction of sp³-hybridized carbons (Fsp3) is 0.217. The number of halogens is 2. The Morgan fingerprint density at radius 1 is 1.17 bits per heavy atom. The first kappa shape index (κ1) is 21.5. The molecule has 2 aromatic carbocycles. The van der Waals surface area contributed by atoms with E-state index in [4.69, 9.17) is 4.74 Å². The molecular weight excluding hydrogens is 390 g/mol. The smallest absolute Gasteiger partial charge is 0.254 e. The minimum Gasteiger partial charge on any atom is -0.389 e. The van der Waals surface area contributed by atoms with Crippen LogP contribution in [0.15, 0.2) is 54.7 Å². The fourth-order valence-electron chi connectivity index (χ4n) is 3.09. The molecule has 7 heteroatoms. The molecule has 5 nitrogen and oxygen atoms in total. The van der Waals surface area contributed by atoms with Crippen LogP contribution >= 0.6 is 0 Å². The number of nitrogens with one attached hydrogen (secondary N) is 1. The molecule has 0 aliphatic carbocycles. The third-order valence-electron chi connectivity index (χ3n) is 4.64. The largest absolute Gasteiger partial charge is 0.389 e. The number of methoxy groups -OCH3 is 1. The van der Waals surface area contributed by atoms with E-state index in [0.29, 0.717) is 27.9 Å². The van der Waals surface area contributed by atoms with Crippen LogP contribution in [-0.4, -0.2) is 23.1 Å². The Balaban J connectivity index is 1.80. The van der Waals surface area contributed by atoms with Crippen LogP contribution < -0.4 is 5.32 Å². The summed E-state index contributed by atoms with van der Waals surface area (Å²) >= 11 is 0. The van der Waals surface area contributed by atoms with E-state index in [9.17, 15) is 18.7 Å². The first-order chi connectivity index (χ1) is 14.4. The summed E-state index contributed by atoms with van der Waals surface area (Å²) < 4.78 is 33.2. The maximum absolute atomic E-state index is 14.3. The van der Waals surface area contributed by atoms with E-state index in [1.165, 1.54) is 31.4 Å². The number of ether oxygens (including phenoxy) is 1. The van der Waals surface area contributed by atoms with Gasteiger partial charge >= 0.3 is 0 Å². The van der Waals surface area contributed by atoms with E-state index < -0.39 is 23.6 Å². The van der Waals surface area contributed by atoms with Gasteiger partial charge in [-0.05, 0) is 42.8 Å². The van der Waals surface area contributed by atoms with Crippen LogP contribution in [0.25, 0.3) is 11.3 Å². The van der Waals surface area contributed by atoms with Crippen molar-refractivity contribution in [3.8, 4) is 11.3 Å². The van der Waals surface area contributed by atoms with Gasteiger partial charge in [-0.1, -0.05) is 18.2 Å². The number of benzene rings is 2. The average Bonchev–Trinajstić information content (AvgIpc) is 2.74. The molecule has 156 valence electrons. The Morgan fingerprint density at radius 2 is 1.97 bits per heavy atom. The molecule has 0 aliphatic rings. The van der Waals surface area contributed by atoms with Crippen LogP contribution in [0.3, 0.4) is 0 Å². The standard InChI is InChI=1S/C23H22F2N2O3/c1-14(28)18-4-3-9-26-22(18)16-7-8-20(24)19(11-16)23(29)27-12-15-5-6-17(13-30-2)21(25)10-15/h3-11,14,28H,12-13H2,1-2H3,(H,27,29)/t14-/m0/s1. The number of carbonyl (C=O) groups excluding carboxylic acids is 1. The zero-order chi connectivity index (χ0) is 21.7. The van der Waals surface area contributed by atoms with Crippen LogP contribution in [-0.2, 0) is 17.9 Å². The van der Waals surface area contributed by atoms with Crippen molar-refractivity contribution in [3.63, 3.8) is 0 Å². The van der Waals surface area contributed by atoms with Crippen LogP contribution in [0.2, 0.25) is 0 Å². The van der Waals surface area contributed by atoms with Crippen molar-refractivity contribution in [2.45, 2.75) is 26.2 Å². The van der Waals surface area contributed by atoms with Gasteiger partial charge < -0.3 is 15.2 Å². The Morgan fingerprint density at radius 3 is 2.67 bits per heavy atom. The van der Waals surface area contributed by atoms with Gasteiger partial charge in [-0.15, -0.1) is 0 Å². The van der Waals surface area contributed by atoms with Crippen molar-refractivity contribution in [1.29, 1.82) is 0 Å². The second-order valence-electron chi connectivity index (χ2n) is 6.85. The quantitative estimate of drug-likeness (QED) is 0.611. The van der Waals surface area contributed by atoms with Gasteiger partial charge in [0.1, 0.15) is 11.6 Å². The molecule has 3 rings (SSSR count). The number of hydrogen-bond donors (Lipinski definition) is 2. The Bertz CT molecular complexity index is 1050. The van der Waals surface area contributed by atoms with Crippen LogP contribution in [0.1, 0.15) is 40.1 Å². The molecule has 1 amide bonds. The maximum atomic E-state index is 14.3. The lowest BCUT2D eigenvalue weighted by atomic mass is 10.00. The molecule has 1 atom stereocenters. The predicted molar refractivity (Wildman–Crippen MR) is 109 cm³/mol. The molecule has 0 unspecified atom stereocenters. The SMILES string of the molecule is COCc1ccc(CNC(=O)c2cc(-c3ncccc3[C@H](C)O)ccc2F)cc1F. The summed E-state index contributed by atoms with van der Waals surface area (Å²) in [6.45, 7) is 1.79. The number of aromatic nitrogens is 1. The first-order valence-electron chi connectivity index (χ1n) is 9.38. The molecule has 0 spiro atoms. The van der Waals surface area contributed by atoms with Gasteiger partial charge in [0.2, 0.25) is 0 Å². The van der Waals surface area contributed by atoms with E-state index in [1.807, 2.05) is 0 Å². The highest BCUT2D eigenvalue weighted by atomic mass is 19.1. The number of rotatable bonds is 7. The van der Waals surface area contributed by atoms with Gasteiger partial charge in [0.05, 0.1) is 24.0 Å². The monoisotopic (exact) mass is 412 g/mol.